The SMILES string of the molecule is C[C@@H]1CC[C@H]2C(CNCC[Se][Se]CCNCC3=C(C(F)(F)F)O[C@@H]4O[C@]5(C)CCC6[C@H](C)CC[C@@H]3[C@]64OO5)=C(C(F)(F)F)O[C@@H]3O[C@@]4(C)CCC1[C@]32OO4. The third-order valence-electron chi connectivity index (χ3n) is 13.3. The zero-order chi connectivity index (χ0) is 38.3. The van der Waals surface area contributed by atoms with Gasteiger partial charge in [0, 0.05) is 0 Å². The first-order chi connectivity index (χ1) is 25.5. The van der Waals surface area contributed by atoms with Gasteiger partial charge in [-0.1, -0.05) is 0 Å². The van der Waals surface area contributed by atoms with Gasteiger partial charge in [0.05, 0.1) is 0 Å². The Morgan fingerprint density at radius 3 is 1.41 bits per heavy atom. The van der Waals surface area contributed by atoms with Gasteiger partial charge in [-0.25, -0.2) is 0 Å². The van der Waals surface area contributed by atoms with Gasteiger partial charge >= 0.3 is 323 Å². The Morgan fingerprint density at radius 2 is 1.02 bits per heavy atom. The number of hydrogen-bond acceptors (Lipinski definition) is 10. The molecule has 0 aromatic heterocycles. The summed E-state index contributed by atoms with van der Waals surface area (Å²) in [5, 5.41) is 8.11. The first kappa shape index (κ1) is 40.2. The Hall–Kier alpha value is -0.621. The number of halogens is 6. The summed E-state index contributed by atoms with van der Waals surface area (Å²) in [6.45, 7) is 8.68. The summed E-state index contributed by atoms with van der Waals surface area (Å²) < 4.78 is 110. The fraction of sp³-hybridized carbons (Fsp3) is 0.889. The van der Waals surface area contributed by atoms with Crippen molar-refractivity contribution in [3.05, 3.63) is 22.7 Å². The van der Waals surface area contributed by atoms with Gasteiger partial charge < -0.3 is 0 Å². The van der Waals surface area contributed by atoms with Gasteiger partial charge in [-0.15, -0.1) is 0 Å². The van der Waals surface area contributed by atoms with Crippen molar-refractivity contribution in [1.29, 1.82) is 0 Å². The van der Waals surface area contributed by atoms with Crippen LogP contribution in [-0.4, -0.2) is 100 Å². The summed E-state index contributed by atoms with van der Waals surface area (Å²) in [6.07, 6.45) is -6.76. The van der Waals surface area contributed by atoms with Gasteiger partial charge in [-0.2, -0.15) is 0 Å². The first-order valence-electron chi connectivity index (χ1n) is 19.2. The normalized spacial score (nSPS) is 44.3. The van der Waals surface area contributed by atoms with Crippen molar-refractivity contribution in [2.24, 2.45) is 35.5 Å². The van der Waals surface area contributed by atoms with Crippen LogP contribution in [0.1, 0.15) is 79.1 Å². The average molecular weight is 911 g/mol. The zero-order valence-corrected chi connectivity index (χ0v) is 34.3. The second-order valence-electron chi connectivity index (χ2n) is 16.6. The van der Waals surface area contributed by atoms with Crippen LogP contribution in [0.4, 0.5) is 26.3 Å². The third kappa shape index (κ3) is 6.81. The number of alkyl halides is 6. The number of allylic oxidation sites excluding steroid dienone is 2. The van der Waals surface area contributed by atoms with Crippen LogP contribution >= 0.6 is 0 Å². The summed E-state index contributed by atoms with van der Waals surface area (Å²) >= 11 is 0.476. The molecule has 2 spiro atoms. The van der Waals surface area contributed by atoms with E-state index < -0.39 is 71.1 Å². The summed E-state index contributed by atoms with van der Waals surface area (Å²) in [5.74, 6) is -5.12. The molecular formula is C36H50F6N2O8Se2. The van der Waals surface area contributed by atoms with E-state index >= 15 is 0 Å². The molecule has 10 nitrogen and oxygen atoms in total. The molecule has 2 unspecified atom stereocenters. The number of hydrogen-bond donors (Lipinski definition) is 2. The van der Waals surface area contributed by atoms with Gasteiger partial charge in [-0.3, -0.25) is 0 Å². The molecule has 8 fully saturated rings. The van der Waals surface area contributed by atoms with E-state index in [2.05, 4.69) is 24.5 Å². The molecular weight excluding hydrogens is 860 g/mol. The van der Waals surface area contributed by atoms with Crippen LogP contribution in [0, 0.1) is 35.5 Å². The van der Waals surface area contributed by atoms with E-state index in [-0.39, 0.29) is 74.2 Å². The van der Waals surface area contributed by atoms with E-state index in [1.807, 2.05) is 0 Å². The molecule has 0 aromatic carbocycles. The van der Waals surface area contributed by atoms with Crippen molar-refractivity contribution in [2.75, 3.05) is 26.2 Å². The van der Waals surface area contributed by atoms with Crippen LogP contribution in [0.5, 0.6) is 0 Å². The second kappa shape index (κ2) is 14.6. The van der Waals surface area contributed by atoms with Gasteiger partial charge in [0.25, 0.3) is 0 Å². The molecule has 306 valence electrons. The van der Waals surface area contributed by atoms with Crippen LogP contribution in [0.15, 0.2) is 22.7 Å². The Balaban J connectivity index is 0.847. The standard InChI is InChI=1S/C36H50F6N2O8Se2/c1-19-5-7-25-21(27(35(37,38)39)45-29-33(25)23(19)9-11-31(3,47-29)49-51-33)17-43-13-15-53-54-16-14-44-18-22-26-8-6-20(2)24-10-12-32(4)48-30(34(24,26)52-50-32)46-28(22)36(40,41)42/h19-20,23-26,29-30,43-44H,5-18H2,1-4H3/t19-,20-,23?,24?,25+,26+,29-,30-,31-,32+,33-,34-/m1/s1. The van der Waals surface area contributed by atoms with Crippen molar-refractivity contribution >= 4 is 26.3 Å². The summed E-state index contributed by atoms with van der Waals surface area (Å²) in [6, 6.07) is 0. The Morgan fingerprint density at radius 1 is 0.611 bits per heavy atom. The molecule has 10 aliphatic rings. The molecule has 2 aliphatic carbocycles. The van der Waals surface area contributed by atoms with Crippen molar-refractivity contribution in [3.8, 4) is 0 Å². The summed E-state index contributed by atoms with van der Waals surface area (Å²) in [4.78, 5) is 23.6. The van der Waals surface area contributed by atoms with Crippen LogP contribution in [0.25, 0.3) is 0 Å². The van der Waals surface area contributed by atoms with E-state index in [9.17, 15) is 26.3 Å². The molecule has 10 rings (SSSR count). The maximum absolute atomic E-state index is 14.5. The van der Waals surface area contributed by atoms with Crippen molar-refractivity contribution in [3.63, 3.8) is 0 Å². The van der Waals surface area contributed by atoms with Gasteiger partial charge in [-0.05, 0) is 0 Å². The van der Waals surface area contributed by atoms with E-state index in [1.165, 1.54) is 0 Å². The van der Waals surface area contributed by atoms with Gasteiger partial charge in [0.2, 0.25) is 0 Å². The minimum absolute atomic E-state index is 0.0151. The molecule has 6 saturated heterocycles. The molecule has 8 heterocycles. The van der Waals surface area contributed by atoms with Crippen LogP contribution < -0.4 is 10.6 Å². The Labute approximate surface area is 322 Å². The van der Waals surface area contributed by atoms with Crippen LogP contribution in [0.3, 0.4) is 0 Å². The van der Waals surface area contributed by atoms with E-state index in [1.54, 1.807) is 13.8 Å². The Bertz CT molecular complexity index is 1400. The Kier molecular flexibility index (Phi) is 10.8. The fourth-order valence-electron chi connectivity index (χ4n) is 10.7. The third-order valence-corrected chi connectivity index (χ3v) is 20.6. The molecule has 2 saturated carbocycles. The number of fused-ring (bicyclic) bond motifs is 4. The van der Waals surface area contributed by atoms with E-state index in [0.29, 0.717) is 51.6 Å². The molecule has 0 aromatic rings. The van der Waals surface area contributed by atoms with Crippen LogP contribution in [-0.2, 0) is 38.5 Å². The fourth-order valence-corrected chi connectivity index (χ4v) is 16.5. The summed E-state index contributed by atoms with van der Waals surface area (Å²) in [7, 11) is 0. The van der Waals surface area contributed by atoms with Gasteiger partial charge in [0.15, 0.2) is 0 Å². The van der Waals surface area contributed by atoms with Crippen molar-refractivity contribution in [1.82, 2.24) is 10.6 Å². The first-order valence-corrected chi connectivity index (χ1v) is 26.0. The molecule has 12 atom stereocenters. The average Bonchev–Trinajstić information content (AvgIpc) is 3.48. The van der Waals surface area contributed by atoms with Crippen molar-refractivity contribution < 1.29 is 64.8 Å². The predicted molar refractivity (Wildman–Crippen MR) is 181 cm³/mol. The van der Waals surface area contributed by atoms with E-state index in [0.717, 1.165) is 23.5 Å². The number of rotatable bonds is 11. The molecule has 18 heteroatoms. The molecule has 2 N–H and O–H groups in total. The van der Waals surface area contributed by atoms with Crippen molar-refractivity contribution in [2.45, 2.75) is 137 Å². The molecule has 4 bridgehead atoms. The zero-order valence-electron chi connectivity index (χ0n) is 30.9. The molecule has 54 heavy (non-hydrogen) atoms. The summed E-state index contributed by atoms with van der Waals surface area (Å²) in [5.41, 5.74) is -1.95. The monoisotopic (exact) mass is 912 g/mol. The second-order valence-corrected chi connectivity index (χ2v) is 24.5. The van der Waals surface area contributed by atoms with Crippen LogP contribution in [0.2, 0.25) is 10.6 Å². The minimum atomic E-state index is -4.69. The quantitative estimate of drug-likeness (QED) is 0.104. The number of ether oxygens (including phenoxy) is 4. The van der Waals surface area contributed by atoms with E-state index in [4.69, 9.17) is 38.5 Å². The maximum atomic E-state index is 14.5. The molecule has 8 aliphatic heterocycles. The van der Waals surface area contributed by atoms with Gasteiger partial charge in [0.1, 0.15) is 0 Å². The topological polar surface area (TPSA) is 97.9 Å². The number of nitrogens with one attached hydrogen (secondary N) is 2. The molecule has 0 amide bonds. The predicted octanol–water partition coefficient (Wildman–Crippen LogP) is 6.45. The molecule has 0 radical (unpaired) electrons.